The maximum Gasteiger partial charge on any atom is 0.164 e. The second kappa shape index (κ2) is 14.5. The van der Waals surface area contributed by atoms with E-state index in [1.807, 2.05) is 103 Å². The molecule has 278 valence electrons. The minimum atomic E-state index is 0.600. The smallest absolute Gasteiger partial charge is 0.164 e. The van der Waals surface area contributed by atoms with Gasteiger partial charge in [-0.3, -0.25) is 9.97 Å². The second-order valence-corrected chi connectivity index (χ2v) is 14.8. The Labute approximate surface area is 345 Å². The first-order chi connectivity index (χ1) is 29.7. The number of aromatic nitrogens is 5. The summed E-state index contributed by atoms with van der Waals surface area (Å²) in [6, 6.07) is 64.5. The molecule has 11 rings (SSSR count). The second-order valence-electron chi connectivity index (χ2n) is 14.8. The highest BCUT2D eigenvalue weighted by molar-refractivity contribution is 6.22. The Bertz CT molecular complexity index is 3430. The molecule has 0 aliphatic heterocycles. The molecule has 11 aromatic rings. The number of nitriles is 1. The van der Waals surface area contributed by atoms with Crippen molar-refractivity contribution < 1.29 is 0 Å². The Morgan fingerprint density at radius 1 is 0.333 bits per heavy atom. The molecule has 6 nitrogen and oxygen atoms in total. The van der Waals surface area contributed by atoms with E-state index in [1.54, 1.807) is 0 Å². The van der Waals surface area contributed by atoms with Crippen LogP contribution in [-0.2, 0) is 0 Å². The van der Waals surface area contributed by atoms with Crippen LogP contribution in [0.1, 0.15) is 5.56 Å². The number of hydrogen-bond donors (Lipinski definition) is 0. The molecule has 0 radical (unpaired) electrons. The van der Waals surface area contributed by atoms with Gasteiger partial charge in [-0.05, 0) is 92.3 Å². The highest BCUT2D eigenvalue weighted by Crippen LogP contribution is 2.41. The third kappa shape index (κ3) is 6.19. The molecule has 3 heterocycles. The van der Waals surface area contributed by atoms with Crippen LogP contribution in [0.25, 0.3) is 111 Å². The lowest BCUT2D eigenvalue weighted by molar-refractivity contribution is 1.07. The van der Waals surface area contributed by atoms with Gasteiger partial charge in [-0.1, -0.05) is 133 Å². The molecule has 0 amide bonds. The highest BCUT2D eigenvalue weighted by Gasteiger charge is 2.18. The normalized spacial score (nSPS) is 11.3. The van der Waals surface area contributed by atoms with Crippen molar-refractivity contribution in [1.29, 1.82) is 5.26 Å². The lowest BCUT2D eigenvalue weighted by atomic mass is 9.90. The van der Waals surface area contributed by atoms with Crippen molar-refractivity contribution in [2.75, 3.05) is 0 Å². The van der Waals surface area contributed by atoms with E-state index in [-0.39, 0.29) is 0 Å². The van der Waals surface area contributed by atoms with E-state index >= 15 is 0 Å². The maximum atomic E-state index is 9.34. The number of pyridine rings is 2. The van der Waals surface area contributed by atoms with E-state index in [0.717, 1.165) is 93.4 Å². The summed E-state index contributed by atoms with van der Waals surface area (Å²) < 4.78 is 0. The summed E-state index contributed by atoms with van der Waals surface area (Å²) in [5, 5.41) is 15.8. The summed E-state index contributed by atoms with van der Waals surface area (Å²) in [5.41, 5.74) is 11.7. The molecule has 60 heavy (non-hydrogen) atoms. The average Bonchev–Trinajstić information content (AvgIpc) is 3.33. The van der Waals surface area contributed by atoms with E-state index in [9.17, 15) is 5.26 Å². The maximum absolute atomic E-state index is 9.34. The molecular weight excluding hydrogens is 733 g/mol. The van der Waals surface area contributed by atoms with Crippen molar-refractivity contribution in [2.24, 2.45) is 0 Å². The van der Waals surface area contributed by atoms with Gasteiger partial charge in [0.25, 0.3) is 0 Å². The van der Waals surface area contributed by atoms with E-state index in [1.165, 1.54) is 0 Å². The predicted octanol–water partition coefficient (Wildman–Crippen LogP) is 13.1. The minimum Gasteiger partial charge on any atom is -0.256 e. The fourth-order valence-electron chi connectivity index (χ4n) is 8.24. The Balaban J connectivity index is 1.03. The van der Waals surface area contributed by atoms with Gasteiger partial charge < -0.3 is 0 Å². The first kappa shape index (κ1) is 34.8. The van der Waals surface area contributed by atoms with Crippen LogP contribution >= 0.6 is 0 Å². The number of nitrogens with zero attached hydrogens (tertiary/aromatic N) is 6. The summed E-state index contributed by atoms with van der Waals surface area (Å²) in [4.78, 5) is 24.9. The molecule has 0 spiro atoms. The molecular formula is C54H32N6. The molecule has 0 aliphatic carbocycles. The molecule has 0 saturated heterocycles. The van der Waals surface area contributed by atoms with Crippen LogP contribution in [0, 0.1) is 11.3 Å². The molecule has 0 aliphatic rings. The third-order valence-corrected chi connectivity index (χ3v) is 11.2. The molecule has 6 heteroatoms. The van der Waals surface area contributed by atoms with Crippen LogP contribution in [0.4, 0.5) is 0 Å². The zero-order chi connectivity index (χ0) is 40.0. The van der Waals surface area contributed by atoms with Crippen LogP contribution in [0.3, 0.4) is 0 Å². The summed E-state index contributed by atoms with van der Waals surface area (Å²) >= 11 is 0. The summed E-state index contributed by atoms with van der Waals surface area (Å²) in [6.45, 7) is 0. The third-order valence-electron chi connectivity index (χ3n) is 11.2. The number of fused-ring (bicyclic) bond motifs is 6. The number of rotatable bonds is 6. The summed E-state index contributed by atoms with van der Waals surface area (Å²) in [5.74, 6) is 1.84. The molecule has 8 aromatic carbocycles. The van der Waals surface area contributed by atoms with E-state index in [0.29, 0.717) is 23.0 Å². The van der Waals surface area contributed by atoms with Gasteiger partial charge >= 0.3 is 0 Å². The molecule has 0 bridgehead atoms. The molecule has 0 N–H and O–H groups in total. The van der Waals surface area contributed by atoms with E-state index in [2.05, 4.69) is 97.1 Å². The van der Waals surface area contributed by atoms with Gasteiger partial charge in [0.15, 0.2) is 17.5 Å². The Hall–Kier alpha value is -8.40. The van der Waals surface area contributed by atoms with Crippen molar-refractivity contribution in [3.63, 3.8) is 0 Å². The summed E-state index contributed by atoms with van der Waals surface area (Å²) in [7, 11) is 0. The molecule has 3 aromatic heterocycles. The minimum absolute atomic E-state index is 0.600. The van der Waals surface area contributed by atoms with Crippen molar-refractivity contribution >= 4 is 43.4 Å². The highest BCUT2D eigenvalue weighted by atomic mass is 15.0. The largest absolute Gasteiger partial charge is 0.256 e. The zero-order valence-electron chi connectivity index (χ0n) is 32.2. The van der Waals surface area contributed by atoms with Crippen LogP contribution in [0.2, 0.25) is 0 Å². The lowest BCUT2D eigenvalue weighted by Gasteiger charge is -2.15. The van der Waals surface area contributed by atoms with E-state index in [4.69, 9.17) is 24.9 Å². The Morgan fingerprint density at radius 2 is 0.833 bits per heavy atom. The van der Waals surface area contributed by atoms with Gasteiger partial charge in [0.2, 0.25) is 0 Å². The van der Waals surface area contributed by atoms with Gasteiger partial charge in [-0.15, -0.1) is 0 Å². The van der Waals surface area contributed by atoms with Crippen molar-refractivity contribution in [2.45, 2.75) is 0 Å². The van der Waals surface area contributed by atoms with Crippen molar-refractivity contribution in [3.05, 3.63) is 200 Å². The Kier molecular flexibility index (Phi) is 8.42. The van der Waals surface area contributed by atoms with Crippen molar-refractivity contribution in [3.8, 4) is 73.6 Å². The molecule has 0 saturated carbocycles. The fraction of sp³-hybridized carbons (Fsp3) is 0. The zero-order valence-corrected chi connectivity index (χ0v) is 32.2. The topological polar surface area (TPSA) is 88.2 Å². The van der Waals surface area contributed by atoms with Gasteiger partial charge in [-0.2, -0.15) is 5.26 Å². The monoisotopic (exact) mass is 764 g/mol. The Morgan fingerprint density at radius 3 is 1.45 bits per heavy atom. The first-order valence-corrected chi connectivity index (χ1v) is 19.8. The van der Waals surface area contributed by atoms with Crippen LogP contribution in [-0.4, -0.2) is 24.9 Å². The molecule has 0 atom stereocenters. The first-order valence-electron chi connectivity index (χ1n) is 19.8. The van der Waals surface area contributed by atoms with Gasteiger partial charge in [0.1, 0.15) is 0 Å². The molecule has 0 unspecified atom stereocenters. The lowest BCUT2D eigenvalue weighted by Crippen LogP contribution is -2.00. The van der Waals surface area contributed by atoms with Crippen LogP contribution < -0.4 is 0 Å². The fourth-order valence-corrected chi connectivity index (χ4v) is 8.24. The van der Waals surface area contributed by atoms with E-state index < -0.39 is 0 Å². The molecule has 0 fully saturated rings. The van der Waals surface area contributed by atoms with Gasteiger partial charge in [0, 0.05) is 51.0 Å². The van der Waals surface area contributed by atoms with Gasteiger partial charge in [0.05, 0.1) is 22.7 Å². The standard InChI is InChI=1S/C54H32N6/c55-33-34-18-19-41-29-40(25-24-39(41)28-34)35-20-22-36(23-21-35)46-31-48-45-17-9-27-57-51(45)47(32-49(48)44-16-8-26-56-50(44)46)42-14-7-15-43(30-42)54-59-52(37-10-3-1-4-11-37)58-53(60-54)38-12-5-2-6-13-38/h1-32H. The number of hydrogen-bond acceptors (Lipinski definition) is 6. The van der Waals surface area contributed by atoms with Crippen LogP contribution in [0.15, 0.2) is 194 Å². The number of benzene rings is 8. The SMILES string of the molecule is N#Cc1ccc2cc(-c3ccc(-c4cc5c6cccnc6c(-c6cccc(-c7nc(-c8ccccc8)nc(-c8ccccc8)n7)c6)cc5c5cccnc45)cc3)ccc2c1. The predicted molar refractivity (Wildman–Crippen MR) is 243 cm³/mol. The summed E-state index contributed by atoms with van der Waals surface area (Å²) in [6.07, 6.45) is 3.73. The van der Waals surface area contributed by atoms with Gasteiger partial charge in [-0.25, -0.2) is 15.0 Å². The van der Waals surface area contributed by atoms with Crippen molar-refractivity contribution in [1.82, 2.24) is 24.9 Å². The average molecular weight is 765 g/mol. The quantitative estimate of drug-likeness (QED) is 0.157. The van der Waals surface area contributed by atoms with Crippen LogP contribution in [0.5, 0.6) is 0 Å².